The van der Waals surface area contributed by atoms with Gasteiger partial charge in [-0.2, -0.15) is 0 Å². The maximum absolute atomic E-state index is 10.0. The highest BCUT2D eigenvalue weighted by Gasteiger charge is 1.99. The fraction of sp³-hybridized carbons (Fsp3) is 1.00. The van der Waals surface area contributed by atoms with Gasteiger partial charge in [-0.3, -0.25) is 5.59 Å². The summed E-state index contributed by atoms with van der Waals surface area (Å²) in [6, 6.07) is 0. The first-order valence-electron chi connectivity index (χ1n) is 3.40. The number of rotatable bonds is 6. The summed E-state index contributed by atoms with van der Waals surface area (Å²) in [6.07, 6.45) is 0.761. The van der Waals surface area contributed by atoms with E-state index in [0.717, 1.165) is 18.1 Å². The van der Waals surface area contributed by atoms with Crippen molar-refractivity contribution < 1.29 is 5.59 Å². The lowest BCUT2D eigenvalue weighted by atomic mass is 10.4. The maximum Gasteiger partial charge on any atom is 0.102 e. The van der Waals surface area contributed by atoms with Crippen LogP contribution < -0.4 is 5.59 Å². The molecule has 0 amide bonds. The zero-order chi connectivity index (χ0) is 8.69. The molecule has 0 heterocycles. The van der Waals surface area contributed by atoms with E-state index in [0.29, 0.717) is 12.1 Å². The summed E-state index contributed by atoms with van der Waals surface area (Å²) in [7, 11) is 3.86. The average molecular weight is 162 g/mol. The molecule has 0 aliphatic carbocycles. The Labute approximate surface area is 65.7 Å². The van der Waals surface area contributed by atoms with Gasteiger partial charge in [-0.15, -0.1) is 10.0 Å². The van der Waals surface area contributed by atoms with Crippen molar-refractivity contribution in [3.05, 3.63) is 10.1 Å². The molecule has 0 spiro atoms. The van der Waals surface area contributed by atoms with Crippen LogP contribution in [0.25, 0.3) is 0 Å². The van der Waals surface area contributed by atoms with Crippen LogP contribution in [-0.4, -0.2) is 37.2 Å². The van der Waals surface area contributed by atoms with Gasteiger partial charge in [0.25, 0.3) is 0 Å². The summed E-state index contributed by atoms with van der Waals surface area (Å²) in [6.45, 7) is 1.24. The predicted octanol–water partition coefficient (Wildman–Crippen LogP) is -1.10. The van der Waals surface area contributed by atoms with Gasteiger partial charge >= 0.3 is 0 Å². The second-order valence-electron chi connectivity index (χ2n) is 2.51. The molecule has 0 bridgehead atoms. The van der Waals surface area contributed by atoms with Crippen LogP contribution >= 0.6 is 0 Å². The summed E-state index contributed by atoms with van der Waals surface area (Å²) >= 11 is 0. The van der Waals surface area contributed by atoms with Gasteiger partial charge in [-0.05, 0) is 27.1 Å². The summed E-state index contributed by atoms with van der Waals surface area (Å²) in [4.78, 5) is 11.8. The Morgan fingerprint density at radius 3 is 2.45 bits per heavy atom. The van der Waals surface area contributed by atoms with E-state index in [2.05, 4.69) is 5.29 Å². The largest absolute Gasteiger partial charge is 0.608 e. The molecule has 0 fully saturated rings. The molecule has 0 saturated carbocycles. The summed E-state index contributed by atoms with van der Waals surface area (Å²) in [5.74, 6) is 0. The van der Waals surface area contributed by atoms with E-state index in [1.54, 1.807) is 0 Å². The van der Waals surface area contributed by atoms with Gasteiger partial charge < -0.3 is 10.1 Å². The number of hydrogen-bond donors (Lipinski definition) is 1. The predicted molar refractivity (Wildman–Crippen MR) is 41.0 cm³/mol. The van der Waals surface area contributed by atoms with E-state index in [9.17, 15) is 10.1 Å². The van der Waals surface area contributed by atoms with Crippen LogP contribution in [0.15, 0.2) is 5.29 Å². The smallest absolute Gasteiger partial charge is 0.102 e. The van der Waals surface area contributed by atoms with Crippen LogP contribution in [0, 0.1) is 10.1 Å². The molecule has 0 aliphatic rings. The van der Waals surface area contributed by atoms with E-state index in [1.807, 2.05) is 19.0 Å². The fourth-order valence-electron chi connectivity index (χ4n) is 0.662. The van der Waals surface area contributed by atoms with E-state index < -0.39 is 0 Å². The van der Waals surface area contributed by atoms with Crippen molar-refractivity contribution in [2.45, 2.75) is 6.42 Å². The number of quaternary nitrogens is 1. The Morgan fingerprint density at radius 1 is 1.45 bits per heavy atom. The van der Waals surface area contributed by atoms with Crippen molar-refractivity contribution in [2.75, 3.05) is 27.2 Å². The van der Waals surface area contributed by atoms with Gasteiger partial charge in [0, 0.05) is 0 Å². The number of nitrogens with zero attached hydrogens (tertiary/aromatic N) is 3. The average Bonchev–Trinajstić information content (AvgIpc) is 1.98. The fourth-order valence-corrected chi connectivity index (χ4v) is 0.662. The lowest BCUT2D eigenvalue weighted by Gasteiger charge is -2.14. The number of nitrogens with two attached hydrogens (primary N) is 1. The molecule has 0 aromatic carbocycles. The van der Waals surface area contributed by atoms with Crippen LogP contribution in [-0.2, 0) is 0 Å². The summed E-state index contributed by atoms with van der Waals surface area (Å²) in [5, 5.41) is 13.4. The van der Waals surface area contributed by atoms with Crippen LogP contribution in [0.1, 0.15) is 6.42 Å². The topological polar surface area (TPSA) is 75.6 Å². The molecule has 0 unspecified atom stereocenters. The minimum Gasteiger partial charge on any atom is -0.608 e. The van der Waals surface area contributed by atoms with Gasteiger partial charge in [-0.1, -0.05) is 0 Å². The normalized spacial score (nSPS) is 10.2. The minimum absolute atomic E-state index is 0.394. The Kier molecular flexibility index (Phi) is 5.63. The van der Waals surface area contributed by atoms with Gasteiger partial charge in [-0.25, -0.2) is 0 Å². The second-order valence-corrected chi connectivity index (χ2v) is 2.51. The zero-order valence-corrected chi connectivity index (χ0v) is 6.86. The van der Waals surface area contributed by atoms with Crippen LogP contribution in [0.3, 0.4) is 0 Å². The SMILES string of the molecule is CN(C)CCCN(N=O)[NH2+][O-]. The van der Waals surface area contributed by atoms with Crippen molar-refractivity contribution in [1.29, 1.82) is 0 Å². The Bertz CT molecular complexity index is 109. The Hall–Kier alpha value is -0.720. The standard InChI is InChI=1S/C5H14N4O2/c1-8(2)4-3-5-9(6-10)7-11/h3-6H2,1-2H3. The quantitative estimate of drug-likeness (QED) is 0.305. The molecular formula is C5H14N4O2. The molecule has 2 N–H and O–H groups in total. The molecule has 0 radical (unpaired) electrons. The van der Waals surface area contributed by atoms with E-state index in [4.69, 9.17) is 0 Å². The van der Waals surface area contributed by atoms with Crippen LogP contribution in [0.2, 0.25) is 0 Å². The third-order valence-electron chi connectivity index (χ3n) is 1.22. The first kappa shape index (κ1) is 10.3. The molecule has 0 rings (SSSR count). The molecule has 66 valence electrons. The molecule has 0 saturated heterocycles. The number of hydrogen-bond acceptors (Lipinski definition) is 4. The maximum atomic E-state index is 10.0. The molecule has 0 atom stereocenters. The summed E-state index contributed by atoms with van der Waals surface area (Å²) in [5.41, 5.74) is 0.433. The summed E-state index contributed by atoms with van der Waals surface area (Å²) < 4.78 is 0. The highest BCUT2D eigenvalue weighted by atomic mass is 16.5. The zero-order valence-electron chi connectivity index (χ0n) is 6.86. The highest BCUT2D eigenvalue weighted by molar-refractivity contribution is 4.45. The van der Waals surface area contributed by atoms with Crippen molar-refractivity contribution >= 4 is 0 Å². The molecule has 0 aliphatic heterocycles. The van der Waals surface area contributed by atoms with Crippen molar-refractivity contribution in [3.63, 3.8) is 0 Å². The molecule has 0 aromatic rings. The Balaban J connectivity index is 3.28. The molecule has 11 heavy (non-hydrogen) atoms. The van der Waals surface area contributed by atoms with Crippen molar-refractivity contribution in [3.8, 4) is 0 Å². The van der Waals surface area contributed by atoms with E-state index in [1.165, 1.54) is 0 Å². The van der Waals surface area contributed by atoms with Crippen LogP contribution in [0.4, 0.5) is 0 Å². The molecule has 0 aromatic heterocycles. The van der Waals surface area contributed by atoms with Gasteiger partial charge in [0.2, 0.25) is 0 Å². The van der Waals surface area contributed by atoms with Gasteiger partial charge in [0.05, 0.1) is 6.54 Å². The first-order valence-corrected chi connectivity index (χ1v) is 3.40. The number of nitroso groups, excluding NO2 is 1. The minimum atomic E-state index is 0.394. The Morgan fingerprint density at radius 2 is 2.09 bits per heavy atom. The third kappa shape index (κ3) is 5.71. The monoisotopic (exact) mass is 162 g/mol. The van der Waals surface area contributed by atoms with E-state index >= 15 is 0 Å². The van der Waals surface area contributed by atoms with Gasteiger partial charge in [0.1, 0.15) is 5.29 Å². The first-order chi connectivity index (χ1) is 5.20. The molecular weight excluding hydrogens is 148 g/mol. The lowest BCUT2D eigenvalue weighted by Crippen LogP contribution is -2.86. The van der Waals surface area contributed by atoms with Crippen molar-refractivity contribution in [1.82, 2.24) is 10.0 Å². The highest BCUT2D eigenvalue weighted by Crippen LogP contribution is 1.85. The molecule has 6 nitrogen and oxygen atoms in total. The molecule has 6 heteroatoms. The van der Waals surface area contributed by atoms with Gasteiger partial charge in [0.15, 0.2) is 0 Å². The van der Waals surface area contributed by atoms with Crippen LogP contribution in [0.5, 0.6) is 0 Å². The lowest BCUT2D eigenvalue weighted by molar-refractivity contribution is -0.754. The van der Waals surface area contributed by atoms with Crippen molar-refractivity contribution in [2.24, 2.45) is 5.29 Å². The second kappa shape index (κ2) is 6.02. The van der Waals surface area contributed by atoms with E-state index in [-0.39, 0.29) is 0 Å². The third-order valence-corrected chi connectivity index (χ3v) is 1.22.